The molecule has 0 aromatic rings. The molecule has 0 amide bonds. The summed E-state index contributed by atoms with van der Waals surface area (Å²) in [5, 5.41) is 0. The molecule has 1 unspecified atom stereocenters. The molecule has 0 aromatic carbocycles. The number of carbonyl (C=O) groups is 2. The molecule has 22 heavy (non-hydrogen) atoms. The predicted octanol–water partition coefficient (Wildman–Crippen LogP) is 2.69. The Morgan fingerprint density at radius 2 is 1.55 bits per heavy atom. The number of carbonyl (C=O) groups excluding carboxylic acids is 2. The van der Waals surface area contributed by atoms with Crippen molar-refractivity contribution in [3.63, 3.8) is 0 Å². The van der Waals surface area contributed by atoms with Crippen LogP contribution in [0.1, 0.15) is 78.6 Å². The van der Waals surface area contributed by atoms with Crippen molar-refractivity contribution in [1.82, 2.24) is 0 Å². The lowest BCUT2D eigenvalue weighted by Gasteiger charge is -2.19. The standard InChI is InChI=1S/C17H34N2O3/c1-17(2,3)22-16(21)12-7-5-4-6-11-15(20)14(19)10-8-9-13-18/h14H,4-13,18-19H2,1-3H3. The molecule has 1 atom stereocenters. The first-order valence-electron chi connectivity index (χ1n) is 8.46. The van der Waals surface area contributed by atoms with E-state index in [0.29, 0.717) is 19.4 Å². The highest BCUT2D eigenvalue weighted by molar-refractivity contribution is 5.83. The smallest absolute Gasteiger partial charge is 0.306 e. The SMILES string of the molecule is CC(C)(C)OC(=O)CCCCCCC(=O)C(N)CCCCN. The van der Waals surface area contributed by atoms with Gasteiger partial charge in [-0.1, -0.05) is 19.3 Å². The van der Waals surface area contributed by atoms with Gasteiger partial charge in [-0.15, -0.1) is 0 Å². The normalized spacial score (nSPS) is 13.0. The Labute approximate surface area is 135 Å². The maximum Gasteiger partial charge on any atom is 0.306 e. The summed E-state index contributed by atoms with van der Waals surface area (Å²) in [6.07, 6.45) is 7.10. The third kappa shape index (κ3) is 12.8. The quantitative estimate of drug-likeness (QED) is 0.426. The molecule has 0 saturated carbocycles. The summed E-state index contributed by atoms with van der Waals surface area (Å²) in [6, 6.07) is -0.340. The Bertz CT molecular complexity index is 324. The second-order valence-electron chi connectivity index (χ2n) is 6.86. The minimum absolute atomic E-state index is 0.143. The van der Waals surface area contributed by atoms with Gasteiger partial charge in [-0.2, -0.15) is 0 Å². The molecule has 5 nitrogen and oxygen atoms in total. The van der Waals surface area contributed by atoms with Gasteiger partial charge in [0.2, 0.25) is 0 Å². The summed E-state index contributed by atoms with van der Waals surface area (Å²) in [5.74, 6) is -0.00494. The molecule has 0 radical (unpaired) electrons. The molecule has 130 valence electrons. The van der Waals surface area contributed by atoms with E-state index in [4.69, 9.17) is 16.2 Å². The van der Waals surface area contributed by atoms with Crippen molar-refractivity contribution >= 4 is 11.8 Å². The Hall–Kier alpha value is -0.940. The molecule has 0 aliphatic carbocycles. The van der Waals surface area contributed by atoms with Gasteiger partial charge in [0.1, 0.15) is 11.4 Å². The molecule has 0 rings (SSSR count). The Balaban J connectivity index is 3.56. The van der Waals surface area contributed by atoms with E-state index in [1.54, 1.807) is 0 Å². The largest absolute Gasteiger partial charge is 0.460 e. The van der Waals surface area contributed by atoms with Crippen molar-refractivity contribution in [2.24, 2.45) is 11.5 Å². The topological polar surface area (TPSA) is 95.4 Å². The number of hydrogen-bond acceptors (Lipinski definition) is 5. The average molecular weight is 314 g/mol. The number of nitrogens with two attached hydrogens (primary N) is 2. The molecule has 4 N–H and O–H groups in total. The summed E-state index contributed by atoms with van der Waals surface area (Å²) < 4.78 is 5.24. The molecular formula is C17H34N2O3. The lowest BCUT2D eigenvalue weighted by molar-refractivity contribution is -0.154. The minimum Gasteiger partial charge on any atom is -0.460 e. The van der Waals surface area contributed by atoms with Crippen molar-refractivity contribution in [1.29, 1.82) is 0 Å². The van der Waals surface area contributed by atoms with E-state index in [-0.39, 0.29) is 17.8 Å². The van der Waals surface area contributed by atoms with E-state index in [1.807, 2.05) is 20.8 Å². The number of unbranched alkanes of at least 4 members (excludes halogenated alkanes) is 4. The molecule has 0 bridgehead atoms. The lowest BCUT2D eigenvalue weighted by Crippen LogP contribution is -2.30. The molecule has 0 spiro atoms. The molecular weight excluding hydrogens is 280 g/mol. The van der Waals surface area contributed by atoms with Crippen molar-refractivity contribution in [2.75, 3.05) is 6.54 Å². The van der Waals surface area contributed by atoms with Gasteiger partial charge in [0.05, 0.1) is 6.04 Å². The highest BCUT2D eigenvalue weighted by atomic mass is 16.6. The van der Waals surface area contributed by atoms with E-state index in [2.05, 4.69) is 0 Å². The van der Waals surface area contributed by atoms with Crippen LogP contribution in [0.25, 0.3) is 0 Å². The van der Waals surface area contributed by atoms with Gasteiger partial charge in [0, 0.05) is 12.8 Å². The van der Waals surface area contributed by atoms with Gasteiger partial charge in [-0.3, -0.25) is 9.59 Å². The summed E-state index contributed by atoms with van der Waals surface area (Å²) in [7, 11) is 0. The molecule has 0 aliphatic heterocycles. The van der Waals surface area contributed by atoms with Crippen LogP contribution in [0.15, 0.2) is 0 Å². The molecule has 0 heterocycles. The van der Waals surface area contributed by atoms with E-state index in [0.717, 1.165) is 44.9 Å². The third-order valence-electron chi connectivity index (χ3n) is 3.36. The monoisotopic (exact) mass is 314 g/mol. The predicted molar refractivity (Wildman–Crippen MR) is 89.4 cm³/mol. The van der Waals surface area contributed by atoms with Crippen molar-refractivity contribution < 1.29 is 14.3 Å². The zero-order valence-electron chi connectivity index (χ0n) is 14.5. The number of ketones is 1. The highest BCUT2D eigenvalue weighted by Gasteiger charge is 2.15. The lowest BCUT2D eigenvalue weighted by atomic mass is 10.0. The van der Waals surface area contributed by atoms with E-state index >= 15 is 0 Å². The maximum absolute atomic E-state index is 11.8. The number of hydrogen-bond donors (Lipinski definition) is 2. The molecule has 5 heteroatoms. The zero-order valence-corrected chi connectivity index (χ0v) is 14.5. The second-order valence-corrected chi connectivity index (χ2v) is 6.86. The van der Waals surface area contributed by atoms with Gasteiger partial charge < -0.3 is 16.2 Å². The molecule has 0 saturated heterocycles. The summed E-state index contributed by atoms with van der Waals surface area (Å²) in [6.45, 7) is 6.26. The van der Waals surface area contributed by atoms with Crippen LogP contribution >= 0.6 is 0 Å². The molecule has 0 fully saturated rings. The van der Waals surface area contributed by atoms with Crippen LogP contribution in [0.4, 0.5) is 0 Å². The van der Waals surface area contributed by atoms with Crippen LogP contribution in [-0.2, 0) is 14.3 Å². The first-order valence-corrected chi connectivity index (χ1v) is 8.46. The highest BCUT2D eigenvalue weighted by Crippen LogP contribution is 2.12. The van der Waals surface area contributed by atoms with E-state index < -0.39 is 5.60 Å². The van der Waals surface area contributed by atoms with Gasteiger partial charge in [-0.05, 0) is 53.0 Å². The molecule has 0 aliphatic rings. The second kappa shape index (κ2) is 11.6. The van der Waals surface area contributed by atoms with Crippen LogP contribution < -0.4 is 11.5 Å². The van der Waals surface area contributed by atoms with Crippen LogP contribution in [0.5, 0.6) is 0 Å². The van der Waals surface area contributed by atoms with Crippen molar-refractivity contribution in [3.05, 3.63) is 0 Å². The fourth-order valence-electron chi connectivity index (χ4n) is 2.17. The fraction of sp³-hybridized carbons (Fsp3) is 0.882. The Morgan fingerprint density at radius 1 is 0.955 bits per heavy atom. The molecule has 0 aromatic heterocycles. The van der Waals surface area contributed by atoms with Gasteiger partial charge in [-0.25, -0.2) is 0 Å². The number of rotatable bonds is 12. The van der Waals surface area contributed by atoms with Gasteiger partial charge in [0.25, 0.3) is 0 Å². The average Bonchev–Trinajstić information content (AvgIpc) is 2.40. The van der Waals surface area contributed by atoms with E-state index in [1.165, 1.54) is 0 Å². The fourth-order valence-corrected chi connectivity index (χ4v) is 2.17. The summed E-state index contributed by atoms with van der Waals surface area (Å²) in [4.78, 5) is 23.3. The van der Waals surface area contributed by atoms with Crippen LogP contribution in [-0.4, -0.2) is 29.9 Å². The minimum atomic E-state index is -0.413. The van der Waals surface area contributed by atoms with Crippen LogP contribution in [0.2, 0.25) is 0 Å². The number of esters is 1. The van der Waals surface area contributed by atoms with E-state index in [9.17, 15) is 9.59 Å². The third-order valence-corrected chi connectivity index (χ3v) is 3.36. The van der Waals surface area contributed by atoms with Gasteiger partial charge in [0.15, 0.2) is 0 Å². The first-order chi connectivity index (χ1) is 10.3. The Morgan fingerprint density at radius 3 is 2.09 bits per heavy atom. The summed E-state index contributed by atoms with van der Waals surface area (Å²) >= 11 is 0. The maximum atomic E-state index is 11.8. The van der Waals surface area contributed by atoms with Crippen LogP contribution in [0.3, 0.4) is 0 Å². The van der Waals surface area contributed by atoms with Crippen LogP contribution in [0, 0.1) is 0 Å². The number of Topliss-reactive ketones (excluding diaryl/α,β-unsaturated/α-hetero) is 1. The van der Waals surface area contributed by atoms with Crippen molar-refractivity contribution in [3.8, 4) is 0 Å². The number of ether oxygens (including phenoxy) is 1. The zero-order chi connectivity index (χ0) is 17.0. The Kier molecular flexibility index (Phi) is 11.1. The summed E-state index contributed by atoms with van der Waals surface area (Å²) in [5.41, 5.74) is 10.8. The van der Waals surface area contributed by atoms with Gasteiger partial charge >= 0.3 is 5.97 Å². The van der Waals surface area contributed by atoms with Crippen molar-refractivity contribution in [2.45, 2.75) is 90.2 Å². The first kappa shape index (κ1) is 21.1.